The standard InChI is InChI=1S/C18H25BN4O3/c1-12-11-23(16(20)22-12)21-10-13-9-14(7-8-15(13)24-6)19-25-17(2,3)18(4,5)26-19/h7-11H,1-6H3,(H2,20,22). The lowest BCUT2D eigenvalue weighted by molar-refractivity contribution is 0.00578. The molecule has 2 heterocycles. The van der Waals surface area contributed by atoms with Crippen molar-refractivity contribution in [3.8, 4) is 5.75 Å². The van der Waals surface area contributed by atoms with Gasteiger partial charge in [-0.3, -0.25) is 0 Å². The number of methoxy groups -OCH3 is 1. The van der Waals surface area contributed by atoms with Crippen molar-refractivity contribution in [2.45, 2.75) is 45.8 Å². The highest BCUT2D eigenvalue weighted by atomic mass is 16.7. The smallest absolute Gasteiger partial charge is 0.494 e. The van der Waals surface area contributed by atoms with Gasteiger partial charge in [-0.05, 0) is 52.2 Å². The number of anilines is 1. The number of nitrogens with two attached hydrogens (primary N) is 1. The number of ether oxygens (including phenoxy) is 1. The quantitative estimate of drug-likeness (QED) is 0.669. The average molecular weight is 356 g/mol. The fraction of sp³-hybridized carbons (Fsp3) is 0.444. The maximum atomic E-state index is 6.12. The maximum absolute atomic E-state index is 6.12. The summed E-state index contributed by atoms with van der Waals surface area (Å²) in [4.78, 5) is 4.13. The third-order valence-electron chi connectivity index (χ3n) is 4.94. The summed E-state index contributed by atoms with van der Waals surface area (Å²) in [7, 11) is 1.18. The fourth-order valence-electron chi connectivity index (χ4n) is 2.70. The summed E-state index contributed by atoms with van der Waals surface area (Å²) in [6, 6.07) is 5.77. The summed E-state index contributed by atoms with van der Waals surface area (Å²) in [5, 5.41) is 4.37. The second kappa shape index (κ2) is 6.44. The maximum Gasteiger partial charge on any atom is 0.494 e. The van der Waals surface area contributed by atoms with E-state index in [4.69, 9.17) is 19.8 Å². The van der Waals surface area contributed by atoms with E-state index in [1.54, 1.807) is 19.5 Å². The fourth-order valence-corrected chi connectivity index (χ4v) is 2.70. The average Bonchev–Trinajstić information content (AvgIpc) is 2.99. The number of aromatic nitrogens is 2. The molecule has 1 saturated heterocycles. The van der Waals surface area contributed by atoms with Gasteiger partial charge in [-0.2, -0.15) is 5.10 Å². The van der Waals surface area contributed by atoms with E-state index >= 15 is 0 Å². The summed E-state index contributed by atoms with van der Waals surface area (Å²) >= 11 is 0. The molecule has 1 aromatic heterocycles. The molecular formula is C18H25BN4O3. The van der Waals surface area contributed by atoms with E-state index < -0.39 is 18.3 Å². The predicted molar refractivity (Wildman–Crippen MR) is 103 cm³/mol. The van der Waals surface area contributed by atoms with Crippen LogP contribution in [0.2, 0.25) is 0 Å². The van der Waals surface area contributed by atoms with Crippen molar-refractivity contribution in [3.05, 3.63) is 35.7 Å². The molecule has 0 saturated carbocycles. The SMILES string of the molecule is COc1ccc(B2OC(C)(C)C(C)(C)O2)cc1C=Nn1cc(C)nc1N. The molecule has 0 amide bonds. The van der Waals surface area contributed by atoms with Crippen molar-refractivity contribution < 1.29 is 14.0 Å². The van der Waals surface area contributed by atoms with Crippen molar-refractivity contribution >= 4 is 24.7 Å². The van der Waals surface area contributed by atoms with Crippen LogP contribution in [0.1, 0.15) is 39.0 Å². The number of benzene rings is 1. The van der Waals surface area contributed by atoms with Gasteiger partial charge in [-0.25, -0.2) is 9.66 Å². The van der Waals surface area contributed by atoms with Crippen LogP contribution in [0, 0.1) is 6.92 Å². The van der Waals surface area contributed by atoms with Crippen LogP contribution in [0.5, 0.6) is 5.75 Å². The highest BCUT2D eigenvalue weighted by molar-refractivity contribution is 6.62. The molecule has 3 rings (SSSR count). The first-order valence-electron chi connectivity index (χ1n) is 8.52. The van der Waals surface area contributed by atoms with Crippen LogP contribution in [0.4, 0.5) is 5.95 Å². The van der Waals surface area contributed by atoms with E-state index in [1.165, 1.54) is 4.68 Å². The van der Waals surface area contributed by atoms with Crippen molar-refractivity contribution in [3.63, 3.8) is 0 Å². The lowest BCUT2D eigenvalue weighted by Gasteiger charge is -2.32. The van der Waals surface area contributed by atoms with Crippen molar-refractivity contribution in [2.24, 2.45) is 5.10 Å². The van der Waals surface area contributed by atoms with E-state index in [1.807, 2.05) is 52.8 Å². The summed E-state index contributed by atoms with van der Waals surface area (Å²) < 4.78 is 19.2. The molecule has 8 heteroatoms. The Kier molecular flexibility index (Phi) is 4.58. The van der Waals surface area contributed by atoms with Crippen LogP contribution in [0.15, 0.2) is 29.5 Å². The molecule has 1 aromatic carbocycles. The van der Waals surface area contributed by atoms with Gasteiger partial charge in [-0.15, -0.1) is 0 Å². The first-order chi connectivity index (χ1) is 12.1. The van der Waals surface area contributed by atoms with Gasteiger partial charge in [0.25, 0.3) is 0 Å². The number of rotatable bonds is 4. The molecular weight excluding hydrogens is 331 g/mol. The lowest BCUT2D eigenvalue weighted by atomic mass is 9.78. The van der Waals surface area contributed by atoms with Gasteiger partial charge >= 0.3 is 7.12 Å². The highest BCUT2D eigenvalue weighted by Crippen LogP contribution is 2.36. The summed E-state index contributed by atoms with van der Waals surface area (Å²) in [6.07, 6.45) is 3.45. The van der Waals surface area contributed by atoms with Crippen molar-refractivity contribution in [2.75, 3.05) is 12.8 Å². The Morgan fingerprint density at radius 2 is 1.88 bits per heavy atom. The molecule has 2 aromatic rings. The molecule has 1 aliphatic heterocycles. The van der Waals surface area contributed by atoms with Gasteiger partial charge in [-0.1, -0.05) is 6.07 Å². The zero-order valence-electron chi connectivity index (χ0n) is 16.1. The van der Waals surface area contributed by atoms with Crippen LogP contribution in [-0.2, 0) is 9.31 Å². The molecule has 138 valence electrons. The molecule has 0 bridgehead atoms. The van der Waals surface area contributed by atoms with E-state index in [9.17, 15) is 0 Å². The molecule has 26 heavy (non-hydrogen) atoms. The molecule has 0 unspecified atom stereocenters. The summed E-state index contributed by atoms with van der Waals surface area (Å²) in [5.74, 6) is 1.03. The Balaban J connectivity index is 1.91. The summed E-state index contributed by atoms with van der Waals surface area (Å²) in [6.45, 7) is 9.99. The Bertz CT molecular complexity index is 829. The molecule has 1 aliphatic rings. The molecule has 2 N–H and O–H groups in total. The van der Waals surface area contributed by atoms with E-state index in [-0.39, 0.29) is 0 Å². The van der Waals surface area contributed by atoms with Crippen LogP contribution in [-0.4, -0.2) is 41.3 Å². The number of aryl methyl sites for hydroxylation is 1. The van der Waals surface area contributed by atoms with Gasteiger partial charge < -0.3 is 19.8 Å². The number of hydrogen-bond acceptors (Lipinski definition) is 6. The molecule has 0 atom stereocenters. The van der Waals surface area contributed by atoms with Gasteiger partial charge in [0.05, 0.1) is 36.4 Å². The number of hydrogen-bond donors (Lipinski definition) is 1. The van der Waals surface area contributed by atoms with Gasteiger partial charge in [0.1, 0.15) is 5.75 Å². The molecule has 0 aliphatic carbocycles. The normalized spacial score (nSPS) is 18.6. The van der Waals surface area contributed by atoms with Crippen LogP contribution >= 0.6 is 0 Å². The second-order valence-electron chi connectivity index (χ2n) is 7.42. The Labute approximate surface area is 154 Å². The minimum absolute atomic E-state index is 0.333. The molecule has 7 nitrogen and oxygen atoms in total. The molecule has 1 fully saturated rings. The third kappa shape index (κ3) is 3.34. The number of imidazole rings is 1. The number of nitrogens with zero attached hydrogens (tertiary/aromatic N) is 3. The van der Waals surface area contributed by atoms with E-state index in [2.05, 4.69) is 10.1 Å². The van der Waals surface area contributed by atoms with E-state index in [0.29, 0.717) is 11.7 Å². The van der Waals surface area contributed by atoms with Gasteiger partial charge in [0.15, 0.2) is 0 Å². The largest absolute Gasteiger partial charge is 0.496 e. The topological polar surface area (TPSA) is 83.9 Å². The van der Waals surface area contributed by atoms with Crippen LogP contribution < -0.4 is 15.9 Å². The Hall–Kier alpha value is -2.32. The first kappa shape index (κ1) is 18.5. The Morgan fingerprint density at radius 1 is 1.23 bits per heavy atom. The lowest BCUT2D eigenvalue weighted by Crippen LogP contribution is -2.41. The van der Waals surface area contributed by atoms with E-state index in [0.717, 1.165) is 16.7 Å². The monoisotopic (exact) mass is 356 g/mol. The third-order valence-corrected chi connectivity index (χ3v) is 4.94. The zero-order valence-corrected chi connectivity index (χ0v) is 16.1. The Morgan fingerprint density at radius 3 is 2.42 bits per heavy atom. The van der Waals surface area contributed by atoms with Crippen LogP contribution in [0.25, 0.3) is 0 Å². The molecule has 0 radical (unpaired) electrons. The van der Waals surface area contributed by atoms with Crippen molar-refractivity contribution in [1.82, 2.24) is 9.66 Å². The minimum atomic E-state index is -0.446. The highest BCUT2D eigenvalue weighted by Gasteiger charge is 2.51. The number of nitrogen functional groups attached to an aromatic ring is 1. The van der Waals surface area contributed by atoms with Crippen molar-refractivity contribution in [1.29, 1.82) is 0 Å². The zero-order chi connectivity index (χ0) is 19.1. The minimum Gasteiger partial charge on any atom is -0.496 e. The predicted octanol–water partition coefficient (Wildman–Crippen LogP) is 1.96. The first-order valence-corrected chi connectivity index (χ1v) is 8.52. The van der Waals surface area contributed by atoms with Gasteiger partial charge in [0.2, 0.25) is 5.95 Å². The molecule has 0 spiro atoms. The van der Waals surface area contributed by atoms with Gasteiger partial charge in [0, 0.05) is 5.56 Å². The summed E-state index contributed by atoms with van der Waals surface area (Å²) in [5.41, 5.74) is 7.55. The van der Waals surface area contributed by atoms with Crippen LogP contribution in [0.3, 0.4) is 0 Å². The second-order valence-corrected chi connectivity index (χ2v) is 7.42.